The third kappa shape index (κ3) is 17.7. The van der Waals surface area contributed by atoms with Crippen LogP contribution in [0.25, 0.3) is 0 Å². The first kappa shape index (κ1) is 13.0. The second-order valence-corrected chi connectivity index (χ2v) is 2.61. The zero-order valence-corrected chi connectivity index (χ0v) is 8.13. The minimum atomic E-state index is 0.542. The van der Waals surface area contributed by atoms with Crippen LogP contribution >= 0.6 is 0 Å². The Labute approximate surface area is 70.5 Å². The molecule has 0 radical (unpaired) electrons. The van der Waals surface area contributed by atoms with Gasteiger partial charge in [-0.1, -0.05) is 46.6 Å². The fourth-order valence-electron chi connectivity index (χ4n) is 0.371. The van der Waals surface area contributed by atoms with E-state index >= 15 is 0 Å². The third-order valence-electron chi connectivity index (χ3n) is 1.16. The molecule has 0 saturated heterocycles. The van der Waals surface area contributed by atoms with Gasteiger partial charge in [0.15, 0.2) is 0 Å². The maximum Gasteiger partial charge on any atom is 0.142 e. The van der Waals surface area contributed by atoms with Crippen LogP contribution in [0, 0.1) is 5.92 Å². The van der Waals surface area contributed by atoms with Crippen molar-refractivity contribution in [1.82, 2.24) is 0 Å². The quantitative estimate of drug-likeness (QED) is 0.453. The molecule has 1 atom stereocenters. The van der Waals surface area contributed by atoms with Crippen molar-refractivity contribution in [3.05, 3.63) is 12.2 Å². The van der Waals surface area contributed by atoms with Crippen LogP contribution in [0.4, 0.5) is 0 Å². The first-order chi connectivity index (χ1) is 5.22. The Morgan fingerprint density at radius 2 is 1.73 bits per heavy atom. The molecule has 0 aromatic heterocycles. The van der Waals surface area contributed by atoms with Gasteiger partial charge in [-0.25, -0.2) is 0 Å². The summed E-state index contributed by atoms with van der Waals surface area (Å²) >= 11 is 0. The molecule has 0 N–H and O–H groups in total. The van der Waals surface area contributed by atoms with Crippen LogP contribution in [0.5, 0.6) is 0 Å². The van der Waals surface area contributed by atoms with E-state index in [1.807, 2.05) is 6.08 Å². The van der Waals surface area contributed by atoms with Gasteiger partial charge in [-0.05, 0) is 12.0 Å². The molecule has 0 rings (SSSR count). The molecule has 0 aliphatic carbocycles. The lowest BCUT2D eigenvalue weighted by atomic mass is 10.1. The van der Waals surface area contributed by atoms with Crippen molar-refractivity contribution >= 4 is 6.29 Å². The lowest BCUT2D eigenvalue weighted by Gasteiger charge is -1.95. The lowest BCUT2D eigenvalue weighted by Crippen LogP contribution is -1.83. The van der Waals surface area contributed by atoms with Gasteiger partial charge in [0.05, 0.1) is 0 Å². The fourth-order valence-corrected chi connectivity index (χ4v) is 0.371. The summed E-state index contributed by atoms with van der Waals surface area (Å²) in [5.74, 6) is 0.542. The summed E-state index contributed by atoms with van der Waals surface area (Å²) in [5, 5.41) is 0. The van der Waals surface area contributed by atoms with Gasteiger partial charge in [0, 0.05) is 0 Å². The highest BCUT2D eigenvalue weighted by Crippen LogP contribution is 1.99. The number of aldehydes is 1. The van der Waals surface area contributed by atoms with Gasteiger partial charge in [-0.3, -0.25) is 4.79 Å². The second kappa shape index (κ2) is 12.1. The number of hydrogen-bond donors (Lipinski definition) is 0. The summed E-state index contributed by atoms with van der Waals surface area (Å²) in [6.45, 7) is 8.43. The Hall–Kier alpha value is -0.590. The van der Waals surface area contributed by atoms with Crippen molar-refractivity contribution in [2.24, 2.45) is 5.92 Å². The van der Waals surface area contributed by atoms with E-state index in [-0.39, 0.29) is 0 Å². The van der Waals surface area contributed by atoms with E-state index in [0.717, 1.165) is 12.7 Å². The first-order valence-electron chi connectivity index (χ1n) is 4.34. The van der Waals surface area contributed by atoms with Crippen LogP contribution in [0.15, 0.2) is 12.2 Å². The molecule has 0 aliphatic rings. The third-order valence-corrected chi connectivity index (χ3v) is 1.16. The maximum atomic E-state index is 9.74. The van der Waals surface area contributed by atoms with Gasteiger partial charge >= 0.3 is 0 Å². The molecule has 11 heavy (non-hydrogen) atoms. The van der Waals surface area contributed by atoms with Crippen LogP contribution in [-0.4, -0.2) is 6.29 Å². The average molecular weight is 156 g/mol. The maximum absolute atomic E-state index is 9.74. The molecule has 0 amide bonds. The lowest BCUT2D eigenvalue weighted by molar-refractivity contribution is -0.104. The summed E-state index contributed by atoms with van der Waals surface area (Å²) in [4.78, 5) is 9.74. The van der Waals surface area contributed by atoms with Gasteiger partial charge in [-0.15, -0.1) is 0 Å². The van der Waals surface area contributed by atoms with Crippen molar-refractivity contribution < 1.29 is 4.79 Å². The number of allylic oxidation sites excluding steroid dienone is 2. The van der Waals surface area contributed by atoms with Crippen molar-refractivity contribution in [3.8, 4) is 0 Å². The highest BCUT2D eigenvalue weighted by molar-refractivity contribution is 5.64. The fraction of sp³-hybridized carbons (Fsp3) is 0.700. The summed E-state index contributed by atoms with van der Waals surface area (Å²) in [6.07, 6.45) is 6.62. The Balaban J connectivity index is 0. The average Bonchev–Trinajstić information content (AvgIpc) is 2.02. The van der Waals surface area contributed by atoms with Crippen LogP contribution < -0.4 is 0 Å². The molecule has 1 unspecified atom stereocenters. The molecule has 0 saturated carbocycles. The topological polar surface area (TPSA) is 17.1 Å². The molecular weight excluding hydrogens is 136 g/mol. The zero-order chi connectivity index (χ0) is 9.11. The SMILES string of the molecule is CCC.CCC(C)C=CC=O. The van der Waals surface area contributed by atoms with E-state index in [4.69, 9.17) is 0 Å². The van der Waals surface area contributed by atoms with E-state index in [1.165, 1.54) is 6.42 Å². The van der Waals surface area contributed by atoms with E-state index in [2.05, 4.69) is 27.7 Å². The second-order valence-electron chi connectivity index (χ2n) is 2.61. The molecule has 0 aliphatic heterocycles. The minimum absolute atomic E-state index is 0.542. The standard InChI is InChI=1S/C7H12O.C3H8/c1-3-7(2)5-4-6-8;1-3-2/h4-7H,3H2,1-2H3;3H2,1-2H3. The molecular formula is C10H20O. The molecule has 1 nitrogen and oxygen atoms in total. The monoisotopic (exact) mass is 156 g/mol. The Morgan fingerprint density at radius 1 is 1.27 bits per heavy atom. The summed E-state index contributed by atoms with van der Waals surface area (Å²) in [7, 11) is 0. The Morgan fingerprint density at radius 3 is 2.00 bits per heavy atom. The van der Waals surface area contributed by atoms with Crippen molar-refractivity contribution in [2.45, 2.75) is 40.5 Å². The molecule has 0 aromatic carbocycles. The summed E-state index contributed by atoms with van der Waals surface area (Å²) in [6, 6.07) is 0. The van der Waals surface area contributed by atoms with Gasteiger partial charge in [0.25, 0.3) is 0 Å². The molecule has 0 spiro atoms. The molecule has 66 valence electrons. The van der Waals surface area contributed by atoms with Gasteiger partial charge in [0.2, 0.25) is 0 Å². The van der Waals surface area contributed by atoms with Gasteiger partial charge < -0.3 is 0 Å². The van der Waals surface area contributed by atoms with Gasteiger partial charge in [0.1, 0.15) is 6.29 Å². The van der Waals surface area contributed by atoms with E-state index in [1.54, 1.807) is 6.08 Å². The first-order valence-corrected chi connectivity index (χ1v) is 4.34. The van der Waals surface area contributed by atoms with E-state index in [0.29, 0.717) is 5.92 Å². The minimum Gasteiger partial charge on any atom is -0.299 e. The molecule has 0 bridgehead atoms. The predicted octanol–water partition coefficient (Wildman–Crippen LogP) is 3.20. The van der Waals surface area contributed by atoms with Crippen LogP contribution in [-0.2, 0) is 4.79 Å². The van der Waals surface area contributed by atoms with Crippen molar-refractivity contribution in [1.29, 1.82) is 0 Å². The normalized spacial score (nSPS) is 12.0. The van der Waals surface area contributed by atoms with Crippen molar-refractivity contribution in [3.63, 3.8) is 0 Å². The predicted molar refractivity (Wildman–Crippen MR) is 50.6 cm³/mol. The number of carbonyl (C=O) groups excluding carboxylic acids is 1. The number of rotatable bonds is 3. The highest BCUT2D eigenvalue weighted by Gasteiger charge is 1.87. The molecule has 0 fully saturated rings. The van der Waals surface area contributed by atoms with Crippen LogP contribution in [0.2, 0.25) is 0 Å². The van der Waals surface area contributed by atoms with E-state index in [9.17, 15) is 4.79 Å². The largest absolute Gasteiger partial charge is 0.299 e. The van der Waals surface area contributed by atoms with Crippen LogP contribution in [0.3, 0.4) is 0 Å². The number of carbonyl (C=O) groups is 1. The molecule has 0 aromatic rings. The van der Waals surface area contributed by atoms with Crippen molar-refractivity contribution in [2.75, 3.05) is 0 Å². The summed E-state index contributed by atoms with van der Waals surface area (Å²) in [5.41, 5.74) is 0. The van der Waals surface area contributed by atoms with Crippen LogP contribution in [0.1, 0.15) is 40.5 Å². The Bertz CT molecular complexity index is 95.0. The van der Waals surface area contributed by atoms with Gasteiger partial charge in [-0.2, -0.15) is 0 Å². The smallest absolute Gasteiger partial charge is 0.142 e. The number of hydrogen-bond acceptors (Lipinski definition) is 1. The Kier molecular flexibility index (Phi) is 14.4. The summed E-state index contributed by atoms with van der Waals surface area (Å²) < 4.78 is 0. The molecule has 1 heteroatoms. The van der Waals surface area contributed by atoms with E-state index < -0.39 is 0 Å². The molecule has 0 heterocycles. The highest BCUT2D eigenvalue weighted by atomic mass is 16.1. The zero-order valence-electron chi connectivity index (χ0n) is 8.13.